The lowest BCUT2D eigenvalue weighted by Gasteiger charge is -2.28. The van der Waals surface area contributed by atoms with E-state index in [1.165, 1.54) is 72.3 Å². The third-order valence-corrected chi connectivity index (χ3v) is 12.2. The fourth-order valence-corrected chi connectivity index (χ4v) is 8.07. The van der Waals surface area contributed by atoms with Gasteiger partial charge in [0, 0.05) is 5.41 Å². The van der Waals surface area contributed by atoms with Gasteiger partial charge in [0.25, 0.3) is 0 Å². The first kappa shape index (κ1) is 52.4. The number of hydrogen-bond acceptors (Lipinski definition) is 0. The molecule has 2 atom stereocenters. The van der Waals surface area contributed by atoms with E-state index in [2.05, 4.69) is 259 Å². The fraction of sp³-hybridized carbons (Fsp3) is 0.281. The van der Waals surface area contributed by atoms with Gasteiger partial charge < -0.3 is 0 Å². The SMILES string of the molecule is C.C=C(c1ccccc1C(C)CC)c1ccccc1C(C)(C)C.C=C/C=C(\C)c1ccccc1C.CCc1ccc(-c2ccc(C)cc2)cc1.Cc1ccccc1C1(C)C=CC=CC1. The van der Waals surface area contributed by atoms with Gasteiger partial charge in [-0.3, -0.25) is 0 Å². The summed E-state index contributed by atoms with van der Waals surface area (Å²) in [6.07, 6.45) is 16.0. The third kappa shape index (κ3) is 14.8. The summed E-state index contributed by atoms with van der Waals surface area (Å²) in [6, 6.07) is 51.9. The molecular weight excluding hydrogens is 769 g/mol. The molecule has 0 bridgehead atoms. The molecule has 0 radical (unpaired) electrons. The van der Waals surface area contributed by atoms with Crippen molar-refractivity contribution < 1.29 is 0 Å². The predicted molar refractivity (Wildman–Crippen MR) is 288 cm³/mol. The van der Waals surface area contributed by atoms with Crippen LogP contribution < -0.4 is 0 Å². The Balaban J connectivity index is 0.000000232. The monoisotopic (exact) mass is 847 g/mol. The minimum atomic E-state index is 0. The minimum Gasteiger partial charge on any atom is -0.0991 e. The van der Waals surface area contributed by atoms with Crippen LogP contribution in [0.2, 0.25) is 0 Å². The molecule has 0 heteroatoms. The first-order chi connectivity index (χ1) is 30.1. The van der Waals surface area contributed by atoms with E-state index in [0.717, 1.165) is 24.8 Å². The highest BCUT2D eigenvalue weighted by atomic mass is 14.3. The Hall–Kier alpha value is -5.98. The fourth-order valence-electron chi connectivity index (χ4n) is 8.07. The standard InChI is InChI=1S/C22H28.C15H16.C14H16.C12H14.CH4/c1-7-16(2)18-12-8-9-13-19(18)17(3)20-14-10-11-15-21(20)22(4,5)6;1-3-13-6-10-15(11-7-13)14-8-4-12(2)5-9-14;1-12-8-4-5-9-13(12)14(2)10-6-3-7-11-14;1-4-7-10(2)12-9-6-5-8-11(12)3;/h8-16H,3,7H2,1-2,4-6H3;4-11H,3H2,1-2H3;3-10H,11H2,1-2H3;4-9H,1H2,2-3H3;1H4/b;;;10-7+;. The summed E-state index contributed by atoms with van der Waals surface area (Å²) in [5, 5.41) is 0. The molecule has 0 nitrogen and oxygen atoms in total. The van der Waals surface area contributed by atoms with Gasteiger partial charge >= 0.3 is 0 Å². The molecule has 2 unspecified atom stereocenters. The molecule has 0 heterocycles. The average molecular weight is 847 g/mol. The van der Waals surface area contributed by atoms with Gasteiger partial charge in [-0.1, -0.05) is 257 Å². The predicted octanol–water partition coefficient (Wildman–Crippen LogP) is 18.8. The molecule has 0 N–H and O–H groups in total. The molecular formula is C64H78. The highest BCUT2D eigenvalue weighted by molar-refractivity contribution is 5.82. The van der Waals surface area contributed by atoms with Crippen LogP contribution in [0.1, 0.15) is 137 Å². The quantitative estimate of drug-likeness (QED) is 0.127. The molecule has 7 rings (SSSR count). The van der Waals surface area contributed by atoms with Gasteiger partial charge in [0.1, 0.15) is 0 Å². The first-order valence-electron chi connectivity index (χ1n) is 22.9. The van der Waals surface area contributed by atoms with E-state index in [0.29, 0.717) is 5.92 Å². The number of hydrogen-bond donors (Lipinski definition) is 0. The minimum absolute atomic E-state index is 0. The van der Waals surface area contributed by atoms with Crippen molar-refractivity contribution in [2.45, 2.75) is 120 Å². The zero-order valence-corrected chi connectivity index (χ0v) is 40.4. The van der Waals surface area contributed by atoms with Crippen LogP contribution in [0.15, 0.2) is 195 Å². The van der Waals surface area contributed by atoms with E-state index in [4.69, 9.17) is 0 Å². The lowest BCUT2D eigenvalue weighted by Crippen LogP contribution is -2.20. The van der Waals surface area contributed by atoms with Crippen molar-refractivity contribution in [2.24, 2.45) is 0 Å². The van der Waals surface area contributed by atoms with Gasteiger partial charge in [-0.05, 0) is 131 Å². The van der Waals surface area contributed by atoms with Gasteiger partial charge in [-0.25, -0.2) is 0 Å². The normalized spacial score (nSPS) is 14.5. The van der Waals surface area contributed by atoms with Crippen LogP contribution in [0.5, 0.6) is 0 Å². The molecule has 0 aliphatic heterocycles. The molecule has 1 aliphatic carbocycles. The van der Waals surface area contributed by atoms with Crippen molar-refractivity contribution in [1.82, 2.24) is 0 Å². The summed E-state index contributed by atoms with van der Waals surface area (Å²) >= 11 is 0. The van der Waals surface area contributed by atoms with Crippen LogP contribution in [-0.4, -0.2) is 0 Å². The van der Waals surface area contributed by atoms with Crippen LogP contribution in [0.4, 0.5) is 0 Å². The molecule has 0 aromatic heterocycles. The summed E-state index contributed by atoms with van der Waals surface area (Å²) in [6.45, 7) is 32.5. The second-order valence-electron chi connectivity index (χ2n) is 18.2. The van der Waals surface area contributed by atoms with Gasteiger partial charge in [0.2, 0.25) is 0 Å². The summed E-state index contributed by atoms with van der Waals surface area (Å²) in [7, 11) is 0. The van der Waals surface area contributed by atoms with E-state index >= 15 is 0 Å². The summed E-state index contributed by atoms with van der Waals surface area (Å²) in [5.74, 6) is 0.551. The second-order valence-corrected chi connectivity index (χ2v) is 18.2. The van der Waals surface area contributed by atoms with E-state index in [-0.39, 0.29) is 18.3 Å². The zero-order chi connectivity index (χ0) is 46.0. The number of benzene rings is 6. The van der Waals surface area contributed by atoms with Crippen molar-refractivity contribution in [1.29, 1.82) is 0 Å². The summed E-state index contributed by atoms with van der Waals surface area (Å²) in [5.41, 5.74) is 18.8. The van der Waals surface area contributed by atoms with Crippen molar-refractivity contribution in [3.05, 3.63) is 251 Å². The van der Waals surface area contributed by atoms with Crippen LogP contribution >= 0.6 is 0 Å². The third-order valence-electron chi connectivity index (χ3n) is 12.2. The van der Waals surface area contributed by atoms with Crippen molar-refractivity contribution >= 4 is 11.1 Å². The van der Waals surface area contributed by atoms with Crippen molar-refractivity contribution in [2.75, 3.05) is 0 Å². The molecule has 6 aromatic rings. The second kappa shape index (κ2) is 25.3. The Morgan fingerprint density at radius 1 is 0.672 bits per heavy atom. The number of aryl methyl sites for hydroxylation is 4. The van der Waals surface area contributed by atoms with Crippen LogP contribution in [-0.2, 0) is 17.3 Å². The number of allylic oxidation sites excluding steroid dienone is 7. The molecule has 0 amide bonds. The summed E-state index contributed by atoms with van der Waals surface area (Å²) in [4.78, 5) is 0. The maximum absolute atomic E-state index is 4.45. The maximum Gasteiger partial charge on any atom is 0.0144 e. The topological polar surface area (TPSA) is 0 Å². The highest BCUT2D eigenvalue weighted by Gasteiger charge is 2.24. The Labute approximate surface area is 391 Å². The van der Waals surface area contributed by atoms with E-state index in [9.17, 15) is 0 Å². The zero-order valence-electron chi connectivity index (χ0n) is 40.4. The van der Waals surface area contributed by atoms with E-state index in [1.807, 2.05) is 12.2 Å². The Morgan fingerprint density at radius 3 is 1.73 bits per heavy atom. The Bertz CT molecular complexity index is 2460. The van der Waals surface area contributed by atoms with Crippen LogP contribution in [0.25, 0.3) is 22.3 Å². The molecule has 334 valence electrons. The molecule has 0 saturated heterocycles. The van der Waals surface area contributed by atoms with Crippen molar-refractivity contribution in [3.63, 3.8) is 0 Å². The molecule has 1 aliphatic rings. The van der Waals surface area contributed by atoms with Crippen LogP contribution in [0.3, 0.4) is 0 Å². The molecule has 64 heavy (non-hydrogen) atoms. The Kier molecular flexibility index (Phi) is 20.7. The highest BCUT2D eigenvalue weighted by Crippen LogP contribution is 2.36. The van der Waals surface area contributed by atoms with Gasteiger partial charge in [-0.15, -0.1) is 0 Å². The molecule has 0 spiro atoms. The first-order valence-corrected chi connectivity index (χ1v) is 22.9. The molecule has 0 saturated carbocycles. The van der Waals surface area contributed by atoms with Gasteiger partial charge in [-0.2, -0.15) is 0 Å². The number of rotatable bonds is 9. The summed E-state index contributed by atoms with van der Waals surface area (Å²) < 4.78 is 0. The van der Waals surface area contributed by atoms with Gasteiger partial charge in [0.05, 0.1) is 0 Å². The van der Waals surface area contributed by atoms with Crippen molar-refractivity contribution in [3.8, 4) is 11.1 Å². The van der Waals surface area contributed by atoms with Crippen LogP contribution in [0, 0.1) is 20.8 Å². The largest absolute Gasteiger partial charge is 0.0991 e. The van der Waals surface area contributed by atoms with Gasteiger partial charge in [0.15, 0.2) is 0 Å². The molecule has 0 fully saturated rings. The smallest absolute Gasteiger partial charge is 0.0144 e. The van der Waals surface area contributed by atoms with E-state index in [1.54, 1.807) is 0 Å². The molecule has 6 aromatic carbocycles. The lowest BCUT2D eigenvalue weighted by atomic mass is 9.76. The lowest BCUT2D eigenvalue weighted by molar-refractivity contribution is 0.588. The average Bonchev–Trinajstić information content (AvgIpc) is 3.30. The Morgan fingerprint density at radius 2 is 1.20 bits per heavy atom. The van der Waals surface area contributed by atoms with E-state index < -0.39 is 0 Å². The maximum atomic E-state index is 4.45.